The maximum Gasteiger partial charge on any atom is 0.194 e. The highest BCUT2D eigenvalue weighted by molar-refractivity contribution is 5.85. The van der Waals surface area contributed by atoms with Crippen molar-refractivity contribution in [3.8, 4) is 11.5 Å². The van der Waals surface area contributed by atoms with E-state index in [1.54, 1.807) is 18.2 Å². The molecule has 0 radical (unpaired) electrons. The lowest BCUT2D eigenvalue weighted by Crippen LogP contribution is -2.43. The zero-order valence-electron chi connectivity index (χ0n) is 21.2. The van der Waals surface area contributed by atoms with E-state index in [1.807, 2.05) is 0 Å². The van der Waals surface area contributed by atoms with Crippen molar-refractivity contribution in [2.24, 2.45) is 5.41 Å². The van der Waals surface area contributed by atoms with Gasteiger partial charge in [-0.2, -0.15) is 0 Å². The highest BCUT2D eigenvalue weighted by Gasteiger charge is 2.35. The molecule has 10 heteroatoms. The molecule has 6 nitrogen and oxygen atoms in total. The van der Waals surface area contributed by atoms with E-state index in [-0.39, 0.29) is 32.0 Å². The molecule has 206 valence electrons. The summed E-state index contributed by atoms with van der Waals surface area (Å²) in [5.41, 5.74) is 0.990. The highest BCUT2D eigenvalue weighted by Crippen LogP contribution is 2.41. The van der Waals surface area contributed by atoms with Crippen LogP contribution in [0.15, 0.2) is 36.5 Å². The molecule has 0 aliphatic carbocycles. The van der Waals surface area contributed by atoms with E-state index < -0.39 is 29.0 Å². The normalized spacial score (nSPS) is 16.5. The van der Waals surface area contributed by atoms with Crippen LogP contribution < -0.4 is 9.47 Å². The SMILES string of the molecule is COc1ccc2ncc(CO)c([C@@H](F)CCC3(CO)CCN(CCOc4cc(F)c(F)c(F)c4)CC3)c2c1. The summed E-state index contributed by atoms with van der Waals surface area (Å²) in [6.45, 7) is 1.52. The van der Waals surface area contributed by atoms with Gasteiger partial charge in [0.25, 0.3) is 0 Å². The number of likely N-dealkylation sites (tertiary alicyclic amines) is 1. The minimum absolute atomic E-state index is 0.0734. The fraction of sp³-hybridized carbons (Fsp3) is 0.464. The summed E-state index contributed by atoms with van der Waals surface area (Å²) in [6, 6.07) is 6.84. The number of hydrogen-bond acceptors (Lipinski definition) is 6. The quantitative estimate of drug-likeness (QED) is 0.263. The molecule has 0 unspecified atom stereocenters. The van der Waals surface area contributed by atoms with Gasteiger partial charge < -0.3 is 19.7 Å². The molecule has 1 aliphatic heterocycles. The third-order valence-electron chi connectivity index (χ3n) is 7.50. The van der Waals surface area contributed by atoms with Crippen molar-refractivity contribution >= 4 is 10.9 Å². The van der Waals surface area contributed by atoms with Crippen LogP contribution in [0.3, 0.4) is 0 Å². The van der Waals surface area contributed by atoms with Crippen LogP contribution in [0.25, 0.3) is 10.9 Å². The minimum Gasteiger partial charge on any atom is -0.497 e. The molecule has 0 bridgehead atoms. The van der Waals surface area contributed by atoms with Crippen LogP contribution in [0.5, 0.6) is 11.5 Å². The van der Waals surface area contributed by atoms with Crippen LogP contribution in [0, 0.1) is 22.9 Å². The van der Waals surface area contributed by atoms with Crippen LogP contribution in [0.2, 0.25) is 0 Å². The number of alkyl halides is 1. The molecule has 2 aromatic carbocycles. The van der Waals surface area contributed by atoms with Crippen LogP contribution in [-0.4, -0.2) is 60.1 Å². The zero-order valence-corrected chi connectivity index (χ0v) is 21.2. The molecule has 0 saturated carbocycles. The van der Waals surface area contributed by atoms with Crippen molar-refractivity contribution in [1.82, 2.24) is 9.88 Å². The Hall–Kier alpha value is -2.95. The number of fused-ring (bicyclic) bond motifs is 1. The number of halogens is 4. The largest absolute Gasteiger partial charge is 0.497 e. The summed E-state index contributed by atoms with van der Waals surface area (Å²) in [5, 5.41) is 20.6. The number of ether oxygens (including phenoxy) is 2. The van der Waals surface area contributed by atoms with Gasteiger partial charge in [-0.1, -0.05) is 0 Å². The molecule has 1 fully saturated rings. The molecular formula is C28H32F4N2O4. The maximum atomic E-state index is 15.7. The number of rotatable bonds is 11. The number of benzene rings is 2. The van der Waals surface area contributed by atoms with Gasteiger partial charge in [-0.15, -0.1) is 0 Å². The van der Waals surface area contributed by atoms with Gasteiger partial charge in [0.15, 0.2) is 17.5 Å². The van der Waals surface area contributed by atoms with E-state index in [0.717, 1.165) is 12.1 Å². The Labute approximate surface area is 218 Å². The summed E-state index contributed by atoms with van der Waals surface area (Å²) in [7, 11) is 1.53. The molecule has 1 aromatic heterocycles. The van der Waals surface area contributed by atoms with Crippen LogP contribution >= 0.6 is 0 Å². The minimum atomic E-state index is -1.53. The number of aliphatic hydroxyl groups is 2. The summed E-state index contributed by atoms with van der Waals surface area (Å²) in [5.74, 6) is -3.65. The van der Waals surface area contributed by atoms with Gasteiger partial charge in [0.05, 0.1) is 19.2 Å². The van der Waals surface area contributed by atoms with E-state index in [0.29, 0.717) is 66.7 Å². The molecule has 2 heterocycles. The van der Waals surface area contributed by atoms with Crippen molar-refractivity contribution in [2.45, 2.75) is 38.5 Å². The second kappa shape index (κ2) is 12.3. The van der Waals surface area contributed by atoms with Gasteiger partial charge in [-0.3, -0.25) is 9.88 Å². The molecule has 3 aromatic rings. The third-order valence-corrected chi connectivity index (χ3v) is 7.50. The second-order valence-corrected chi connectivity index (χ2v) is 9.79. The van der Waals surface area contributed by atoms with E-state index in [2.05, 4.69) is 9.88 Å². The molecule has 2 N–H and O–H groups in total. The average Bonchev–Trinajstić information content (AvgIpc) is 2.94. The zero-order chi connectivity index (χ0) is 27.3. The summed E-state index contributed by atoms with van der Waals surface area (Å²) in [4.78, 5) is 6.42. The molecule has 38 heavy (non-hydrogen) atoms. The number of nitrogens with zero attached hydrogens (tertiary/aromatic N) is 2. The van der Waals surface area contributed by atoms with Crippen molar-refractivity contribution < 1.29 is 37.2 Å². The fourth-order valence-electron chi connectivity index (χ4n) is 5.08. The highest BCUT2D eigenvalue weighted by atomic mass is 19.2. The molecule has 1 aliphatic rings. The third kappa shape index (κ3) is 6.19. The standard InChI is InChI=1S/C28H32F4N2O4/c1-37-19-2-3-25-21(12-19)26(18(16-35)15-33-25)22(29)4-5-28(17-36)6-8-34(9-7-28)10-11-38-20-13-23(30)27(32)24(31)14-20/h2-3,12-15,22,35-36H,4-11,16-17H2,1H3/t22-/m0/s1. The second-order valence-electron chi connectivity index (χ2n) is 9.79. The average molecular weight is 537 g/mol. The topological polar surface area (TPSA) is 75.0 Å². The maximum absolute atomic E-state index is 15.7. The molecule has 4 rings (SSSR count). The first-order valence-electron chi connectivity index (χ1n) is 12.6. The van der Waals surface area contributed by atoms with E-state index in [4.69, 9.17) is 9.47 Å². The lowest BCUT2D eigenvalue weighted by atomic mass is 9.74. The van der Waals surface area contributed by atoms with Crippen LogP contribution in [0.4, 0.5) is 17.6 Å². The monoisotopic (exact) mass is 536 g/mol. The summed E-state index contributed by atoms with van der Waals surface area (Å²) < 4.78 is 66.2. The predicted octanol–water partition coefficient (Wildman–Crippen LogP) is 5.10. The number of piperidine rings is 1. The Morgan fingerprint density at radius 1 is 1.05 bits per heavy atom. The van der Waals surface area contributed by atoms with Gasteiger partial charge >= 0.3 is 0 Å². The lowest BCUT2D eigenvalue weighted by Gasteiger charge is -2.41. The first-order valence-corrected chi connectivity index (χ1v) is 12.6. The van der Waals surface area contributed by atoms with Crippen molar-refractivity contribution in [3.63, 3.8) is 0 Å². The Morgan fingerprint density at radius 3 is 2.39 bits per heavy atom. The Morgan fingerprint density at radius 2 is 1.76 bits per heavy atom. The molecule has 1 atom stereocenters. The number of aliphatic hydroxyl groups excluding tert-OH is 2. The predicted molar refractivity (Wildman–Crippen MR) is 134 cm³/mol. The Balaban J connectivity index is 1.34. The first kappa shape index (κ1) is 28.1. The Bertz CT molecular complexity index is 1220. The van der Waals surface area contributed by atoms with Crippen molar-refractivity contribution in [2.75, 3.05) is 40.0 Å². The Kier molecular flexibility index (Phi) is 9.07. The molecule has 0 spiro atoms. The van der Waals surface area contributed by atoms with Crippen LogP contribution in [0.1, 0.15) is 43.0 Å². The van der Waals surface area contributed by atoms with E-state index >= 15 is 4.39 Å². The fourth-order valence-corrected chi connectivity index (χ4v) is 5.08. The molecular weight excluding hydrogens is 504 g/mol. The first-order chi connectivity index (χ1) is 18.3. The van der Waals surface area contributed by atoms with E-state index in [9.17, 15) is 23.4 Å². The smallest absolute Gasteiger partial charge is 0.194 e. The van der Waals surface area contributed by atoms with Crippen molar-refractivity contribution in [1.29, 1.82) is 0 Å². The summed E-state index contributed by atoms with van der Waals surface area (Å²) >= 11 is 0. The van der Waals surface area contributed by atoms with Gasteiger partial charge in [-0.25, -0.2) is 17.6 Å². The number of pyridine rings is 1. The summed E-state index contributed by atoms with van der Waals surface area (Å²) in [6.07, 6.45) is 2.06. The van der Waals surface area contributed by atoms with Crippen molar-refractivity contribution in [3.05, 3.63) is 65.1 Å². The molecule has 1 saturated heterocycles. The van der Waals surface area contributed by atoms with Gasteiger partial charge in [0.1, 0.15) is 24.3 Å². The number of aromatic nitrogens is 1. The van der Waals surface area contributed by atoms with Gasteiger partial charge in [-0.05, 0) is 62.4 Å². The number of methoxy groups -OCH3 is 1. The molecule has 0 amide bonds. The lowest BCUT2D eigenvalue weighted by molar-refractivity contribution is 0.0265. The van der Waals surface area contributed by atoms with Gasteiger partial charge in [0.2, 0.25) is 0 Å². The van der Waals surface area contributed by atoms with Crippen LogP contribution in [-0.2, 0) is 6.61 Å². The number of hydrogen-bond donors (Lipinski definition) is 2. The van der Waals surface area contributed by atoms with Gasteiger partial charge in [0, 0.05) is 48.0 Å². The van der Waals surface area contributed by atoms with E-state index in [1.165, 1.54) is 13.3 Å².